The zero-order valence-corrected chi connectivity index (χ0v) is 14.3. The molecule has 1 aromatic carbocycles. The Kier molecular flexibility index (Phi) is 5.39. The summed E-state index contributed by atoms with van der Waals surface area (Å²) in [5, 5.41) is 0. The van der Waals surface area contributed by atoms with Crippen molar-refractivity contribution < 1.29 is 9.47 Å². The Morgan fingerprint density at radius 3 is 2.60 bits per heavy atom. The minimum atomic E-state index is -0.227. The van der Waals surface area contributed by atoms with Crippen LogP contribution in [0.4, 0.5) is 11.8 Å². The molecule has 1 aromatic heterocycles. The number of hydrogen-bond acceptors (Lipinski definition) is 7. The van der Waals surface area contributed by atoms with Gasteiger partial charge in [-0.2, -0.15) is 4.98 Å². The van der Waals surface area contributed by atoms with E-state index in [0.717, 1.165) is 44.2 Å². The van der Waals surface area contributed by atoms with Crippen molar-refractivity contribution in [2.45, 2.75) is 0 Å². The van der Waals surface area contributed by atoms with Crippen LogP contribution in [-0.2, 0) is 0 Å². The standard InChI is InChI=1S/C17H23N5O3/c1-24-13-4-2-3-5-14(13)25-11-10-21-6-8-22(9-7-21)15-12-16(23)20-17(18)19-15/h2-5,12H,6-11H2,1H3,(H3,18,19,20,23). The molecule has 0 bridgehead atoms. The number of piperazine rings is 1. The van der Waals surface area contributed by atoms with Crippen LogP contribution in [0.15, 0.2) is 35.1 Å². The second-order valence-corrected chi connectivity index (χ2v) is 5.82. The Hall–Kier alpha value is -2.74. The van der Waals surface area contributed by atoms with E-state index >= 15 is 0 Å². The van der Waals surface area contributed by atoms with Gasteiger partial charge in [0, 0.05) is 38.8 Å². The highest BCUT2D eigenvalue weighted by atomic mass is 16.5. The summed E-state index contributed by atoms with van der Waals surface area (Å²) in [4.78, 5) is 22.6. The van der Waals surface area contributed by atoms with E-state index in [0.29, 0.717) is 12.4 Å². The number of para-hydroxylation sites is 2. The molecule has 2 aromatic rings. The average Bonchev–Trinajstić information content (AvgIpc) is 2.62. The van der Waals surface area contributed by atoms with Crippen molar-refractivity contribution in [1.29, 1.82) is 0 Å². The first kappa shape index (κ1) is 17.1. The van der Waals surface area contributed by atoms with E-state index in [9.17, 15) is 4.79 Å². The number of nitrogens with zero attached hydrogens (tertiary/aromatic N) is 3. The highest BCUT2D eigenvalue weighted by Crippen LogP contribution is 2.25. The highest BCUT2D eigenvalue weighted by molar-refractivity contribution is 5.41. The van der Waals surface area contributed by atoms with Crippen LogP contribution in [0.25, 0.3) is 0 Å². The van der Waals surface area contributed by atoms with E-state index in [1.807, 2.05) is 24.3 Å². The summed E-state index contributed by atoms with van der Waals surface area (Å²) < 4.78 is 11.1. The smallest absolute Gasteiger partial charge is 0.254 e. The number of anilines is 2. The quantitative estimate of drug-likeness (QED) is 0.790. The summed E-state index contributed by atoms with van der Waals surface area (Å²) >= 11 is 0. The van der Waals surface area contributed by atoms with Crippen LogP contribution >= 0.6 is 0 Å². The maximum absolute atomic E-state index is 11.5. The monoisotopic (exact) mass is 345 g/mol. The van der Waals surface area contributed by atoms with Crippen molar-refractivity contribution in [3.05, 3.63) is 40.7 Å². The first-order valence-electron chi connectivity index (χ1n) is 8.25. The lowest BCUT2D eigenvalue weighted by Crippen LogP contribution is -2.48. The molecular formula is C17H23N5O3. The predicted molar refractivity (Wildman–Crippen MR) is 96.4 cm³/mol. The van der Waals surface area contributed by atoms with Crippen molar-refractivity contribution in [1.82, 2.24) is 14.9 Å². The number of rotatable bonds is 6. The molecule has 3 rings (SSSR count). The van der Waals surface area contributed by atoms with E-state index < -0.39 is 0 Å². The molecule has 134 valence electrons. The third-order valence-corrected chi connectivity index (χ3v) is 4.18. The van der Waals surface area contributed by atoms with E-state index in [2.05, 4.69) is 19.8 Å². The van der Waals surface area contributed by atoms with Gasteiger partial charge in [-0.05, 0) is 12.1 Å². The lowest BCUT2D eigenvalue weighted by molar-refractivity contribution is 0.196. The third-order valence-electron chi connectivity index (χ3n) is 4.18. The number of aromatic nitrogens is 2. The average molecular weight is 345 g/mol. The van der Waals surface area contributed by atoms with Crippen LogP contribution in [-0.4, -0.2) is 61.3 Å². The number of ether oxygens (including phenoxy) is 2. The summed E-state index contributed by atoms with van der Waals surface area (Å²) in [6, 6.07) is 9.11. The van der Waals surface area contributed by atoms with Gasteiger partial charge in [0.05, 0.1) is 7.11 Å². The second-order valence-electron chi connectivity index (χ2n) is 5.82. The van der Waals surface area contributed by atoms with Gasteiger partial charge in [-0.1, -0.05) is 12.1 Å². The fraction of sp³-hybridized carbons (Fsp3) is 0.412. The molecule has 2 heterocycles. The fourth-order valence-electron chi connectivity index (χ4n) is 2.85. The van der Waals surface area contributed by atoms with Gasteiger partial charge < -0.3 is 20.1 Å². The van der Waals surface area contributed by atoms with Crippen molar-refractivity contribution in [2.75, 3.05) is 57.1 Å². The summed E-state index contributed by atoms with van der Waals surface area (Å²) in [7, 11) is 1.64. The molecule has 1 saturated heterocycles. The van der Waals surface area contributed by atoms with Gasteiger partial charge in [0.15, 0.2) is 11.5 Å². The topological polar surface area (TPSA) is 96.7 Å². The Labute approximate surface area is 146 Å². The van der Waals surface area contributed by atoms with Crippen molar-refractivity contribution in [3.8, 4) is 11.5 Å². The van der Waals surface area contributed by atoms with Crippen molar-refractivity contribution in [2.24, 2.45) is 0 Å². The Balaban J connectivity index is 1.47. The number of nitrogen functional groups attached to an aromatic ring is 1. The van der Waals surface area contributed by atoms with E-state index in [1.54, 1.807) is 7.11 Å². The molecule has 0 atom stereocenters. The lowest BCUT2D eigenvalue weighted by Gasteiger charge is -2.35. The van der Waals surface area contributed by atoms with Gasteiger partial charge in [0.25, 0.3) is 5.56 Å². The van der Waals surface area contributed by atoms with Crippen LogP contribution in [0.2, 0.25) is 0 Å². The number of H-pyrrole nitrogens is 1. The minimum Gasteiger partial charge on any atom is -0.493 e. The zero-order chi connectivity index (χ0) is 17.6. The third kappa shape index (κ3) is 4.42. The molecular weight excluding hydrogens is 322 g/mol. The van der Waals surface area contributed by atoms with Crippen LogP contribution in [0.1, 0.15) is 0 Å². The molecule has 0 unspecified atom stereocenters. The molecule has 25 heavy (non-hydrogen) atoms. The Morgan fingerprint density at radius 1 is 1.20 bits per heavy atom. The molecule has 8 nitrogen and oxygen atoms in total. The van der Waals surface area contributed by atoms with Crippen LogP contribution < -0.4 is 25.7 Å². The van der Waals surface area contributed by atoms with E-state index in [1.165, 1.54) is 6.07 Å². The zero-order valence-electron chi connectivity index (χ0n) is 14.3. The molecule has 1 aliphatic rings. The van der Waals surface area contributed by atoms with Crippen LogP contribution in [0.5, 0.6) is 11.5 Å². The number of aromatic amines is 1. The van der Waals surface area contributed by atoms with Crippen LogP contribution in [0.3, 0.4) is 0 Å². The van der Waals surface area contributed by atoms with Gasteiger partial charge >= 0.3 is 0 Å². The van der Waals surface area contributed by atoms with Gasteiger partial charge in [-0.25, -0.2) is 0 Å². The van der Waals surface area contributed by atoms with Crippen molar-refractivity contribution in [3.63, 3.8) is 0 Å². The van der Waals surface area contributed by atoms with Gasteiger partial charge in [0.1, 0.15) is 12.4 Å². The molecule has 0 amide bonds. The molecule has 1 fully saturated rings. The number of benzene rings is 1. The number of hydrogen-bond donors (Lipinski definition) is 2. The van der Waals surface area contributed by atoms with Gasteiger partial charge in [0.2, 0.25) is 5.95 Å². The molecule has 3 N–H and O–H groups in total. The number of nitrogens with two attached hydrogens (primary N) is 1. The number of nitrogens with one attached hydrogen (secondary N) is 1. The molecule has 0 saturated carbocycles. The fourth-order valence-corrected chi connectivity index (χ4v) is 2.85. The summed E-state index contributed by atoms with van der Waals surface area (Å²) in [6.45, 7) is 4.77. The number of methoxy groups -OCH3 is 1. The summed E-state index contributed by atoms with van der Waals surface area (Å²) in [5.41, 5.74) is 5.38. The minimum absolute atomic E-state index is 0.148. The largest absolute Gasteiger partial charge is 0.493 e. The predicted octanol–water partition coefficient (Wildman–Crippen LogP) is 0.562. The second kappa shape index (κ2) is 7.89. The summed E-state index contributed by atoms with van der Waals surface area (Å²) in [5.74, 6) is 2.28. The van der Waals surface area contributed by atoms with E-state index in [4.69, 9.17) is 15.2 Å². The van der Waals surface area contributed by atoms with E-state index in [-0.39, 0.29) is 11.5 Å². The molecule has 0 radical (unpaired) electrons. The Bertz CT molecular complexity index is 756. The molecule has 1 aliphatic heterocycles. The Morgan fingerprint density at radius 2 is 1.92 bits per heavy atom. The first-order chi connectivity index (χ1) is 12.2. The van der Waals surface area contributed by atoms with Gasteiger partial charge in [-0.15, -0.1) is 0 Å². The normalized spacial score (nSPS) is 15.2. The summed E-state index contributed by atoms with van der Waals surface area (Å²) in [6.07, 6.45) is 0. The van der Waals surface area contributed by atoms with Crippen LogP contribution in [0, 0.1) is 0 Å². The first-order valence-corrected chi connectivity index (χ1v) is 8.25. The molecule has 0 spiro atoms. The van der Waals surface area contributed by atoms with Crippen molar-refractivity contribution >= 4 is 11.8 Å². The molecule has 8 heteroatoms. The SMILES string of the molecule is COc1ccccc1OCCN1CCN(c2cc(=O)[nH]c(N)n2)CC1. The maximum atomic E-state index is 11.5. The lowest BCUT2D eigenvalue weighted by atomic mass is 10.3. The maximum Gasteiger partial charge on any atom is 0.254 e. The highest BCUT2D eigenvalue weighted by Gasteiger charge is 2.18. The molecule has 0 aliphatic carbocycles. The van der Waals surface area contributed by atoms with Gasteiger partial charge in [-0.3, -0.25) is 14.7 Å².